The molecule has 5 nitrogen and oxygen atoms in total. The molecule has 5 heteroatoms. The van der Waals surface area contributed by atoms with Crippen LogP contribution in [0.4, 0.5) is 5.69 Å². The molecule has 0 saturated heterocycles. The first kappa shape index (κ1) is 12.6. The molecule has 0 aliphatic carbocycles. The molecule has 0 spiro atoms. The quantitative estimate of drug-likeness (QED) is 0.832. The Hall–Kier alpha value is -1.88. The molecule has 2 rings (SSSR count). The normalized spacial score (nSPS) is 11.1. The summed E-state index contributed by atoms with van der Waals surface area (Å²) in [4.78, 5) is 6.48. The first-order valence-corrected chi connectivity index (χ1v) is 5.90. The van der Waals surface area contributed by atoms with Gasteiger partial charge in [-0.3, -0.25) is 0 Å². The molecule has 0 radical (unpaired) electrons. The van der Waals surface area contributed by atoms with Crippen molar-refractivity contribution in [3.8, 4) is 11.5 Å². The van der Waals surface area contributed by atoms with Crippen LogP contribution in [0.1, 0.15) is 11.4 Å². The fourth-order valence-corrected chi connectivity index (χ4v) is 1.67. The van der Waals surface area contributed by atoms with Gasteiger partial charge in [-0.2, -0.15) is 4.98 Å². The smallest absolute Gasteiger partial charge is 0.258 e. The number of aromatic nitrogens is 2. The molecule has 0 unspecified atom stereocenters. The molecule has 1 aromatic heterocycles. The number of benzene rings is 1. The van der Waals surface area contributed by atoms with E-state index in [1.54, 1.807) is 0 Å². The fraction of sp³-hybridized carbons (Fsp3) is 0.385. The van der Waals surface area contributed by atoms with Gasteiger partial charge in [0, 0.05) is 24.2 Å². The summed E-state index contributed by atoms with van der Waals surface area (Å²) >= 11 is 0. The van der Waals surface area contributed by atoms with E-state index in [4.69, 9.17) is 10.3 Å². The minimum Gasteiger partial charge on any atom is -0.398 e. The van der Waals surface area contributed by atoms with E-state index in [2.05, 4.69) is 15.0 Å². The lowest BCUT2D eigenvalue weighted by molar-refractivity contribution is 0.392. The second kappa shape index (κ2) is 5.18. The Bertz CT molecular complexity index is 534. The average molecular weight is 246 g/mol. The summed E-state index contributed by atoms with van der Waals surface area (Å²) in [5, 5.41) is 3.98. The van der Waals surface area contributed by atoms with Crippen LogP contribution in [-0.2, 0) is 6.42 Å². The Kier molecular flexibility index (Phi) is 3.62. The van der Waals surface area contributed by atoms with Crippen molar-refractivity contribution in [1.29, 1.82) is 0 Å². The maximum atomic E-state index is 5.87. The highest BCUT2D eigenvalue weighted by atomic mass is 16.5. The predicted molar refractivity (Wildman–Crippen MR) is 71.1 cm³/mol. The molecular formula is C13H18N4O. The number of rotatable bonds is 4. The number of likely N-dealkylation sites (N-methyl/N-ethyl adjacent to an activating group) is 1. The minimum atomic E-state index is 0.536. The molecule has 0 bridgehead atoms. The molecule has 0 aliphatic rings. The van der Waals surface area contributed by atoms with E-state index >= 15 is 0 Å². The molecule has 0 atom stereocenters. The number of nitrogen functional groups attached to an aromatic ring is 1. The highest BCUT2D eigenvalue weighted by Crippen LogP contribution is 2.25. The van der Waals surface area contributed by atoms with Crippen molar-refractivity contribution in [3.05, 3.63) is 29.6 Å². The zero-order chi connectivity index (χ0) is 13.1. The summed E-state index contributed by atoms with van der Waals surface area (Å²) in [6.45, 7) is 2.85. The van der Waals surface area contributed by atoms with Gasteiger partial charge < -0.3 is 15.2 Å². The molecule has 2 N–H and O–H groups in total. The van der Waals surface area contributed by atoms with Crippen LogP contribution in [0.3, 0.4) is 0 Å². The van der Waals surface area contributed by atoms with Crippen molar-refractivity contribution in [2.45, 2.75) is 13.3 Å². The number of hydrogen-bond donors (Lipinski definition) is 1. The van der Waals surface area contributed by atoms with Crippen LogP contribution >= 0.6 is 0 Å². The van der Waals surface area contributed by atoms with Gasteiger partial charge in [-0.25, -0.2) is 0 Å². The average Bonchev–Trinajstić information content (AvgIpc) is 2.78. The van der Waals surface area contributed by atoms with Gasteiger partial charge in [0.15, 0.2) is 5.82 Å². The molecule has 2 aromatic rings. The number of nitrogens with zero attached hydrogens (tertiary/aromatic N) is 3. The maximum Gasteiger partial charge on any atom is 0.258 e. The zero-order valence-electron chi connectivity index (χ0n) is 11.0. The minimum absolute atomic E-state index is 0.536. The van der Waals surface area contributed by atoms with Crippen LogP contribution in [0.2, 0.25) is 0 Å². The summed E-state index contributed by atoms with van der Waals surface area (Å²) in [5.41, 5.74) is 8.48. The summed E-state index contributed by atoms with van der Waals surface area (Å²) in [6.07, 6.45) is 0.776. The topological polar surface area (TPSA) is 68.2 Å². The van der Waals surface area contributed by atoms with E-state index in [-0.39, 0.29) is 0 Å². The molecule has 1 heterocycles. The van der Waals surface area contributed by atoms with Crippen LogP contribution in [-0.4, -0.2) is 35.7 Å². The van der Waals surface area contributed by atoms with Gasteiger partial charge in [0.25, 0.3) is 5.89 Å². The van der Waals surface area contributed by atoms with Gasteiger partial charge in [-0.05, 0) is 38.7 Å². The standard InChI is InChI=1S/C13H18N4O/c1-9-10(5-4-6-11(9)14)13-15-12(16-18-13)7-8-17(2)3/h4-6H,7-8,14H2,1-3H3. The molecule has 0 saturated carbocycles. The van der Waals surface area contributed by atoms with E-state index < -0.39 is 0 Å². The monoisotopic (exact) mass is 246 g/mol. The van der Waals surface area contributed by atoms with Gasteiger partial charge >= 0.3 is 0 Å². The Morgan fingerprint density at radius 3 is 2.83 bits per heavy atom. The third kappa shape index (κ3) is 2.68. The molecule has 18 heavy (non-hydrogen) atoms. The number of anilines is 1. The first-order chi connectivity index (χ1) is 8.58. The molecule has 96 valence electrons. The Labute approximate surface area is 107 Å². The molecule has 1 aromatic carbocycles. The van der Waals surface area contributed by atoms with Crippen molar-refractivity contribution < 1.29 is 4.52 Å². The van der Waals surface area contributed by atoms with Crippen molar-refractivity contribution in [3.63, 3.8) is 0 Å². The van der Waals surface area contributed by atoms with Gasteiger partial charge in [0.2, 0.25) is 0 Å². The second-order valence-electron chi connectivity index (χ2n) is 4.59. The SMILES string of the molecule is Cc1c(N)cccc1-c1nc(CCN(C)C)no1. The highest BCUT2D eigenvalue weighted by molar-refractivity contribution is 5.66. The zero-order valence-corrected chi connectivity index (χ0v) is 11.0. The van der Waals surface area contributed by atoms with E-state index in [1.807, 2.05) is 39.2 Å². The van der Waals surface area contributed by atoms with Gasteiger partial charge in [0.05, 0.1) is 0 Å². The third-order valence-corrected chi connectivity index (χ3v) is 2.86. The number of nitrogens with two attached hydrogens (primary N) is 1. The van der Waals surface area contributed by atoms with Crippen LogP contribution in [0.15, 0.2) is 22.7 Å². The van der Waals surface area contributed by atoms with E-state index in [9.17, 15) is 0 Å². The molecule has 0 aliphatic heterocycles. The van der Waals surface area contributed by atoms with E-state index in [0.717, 1.165) is 35.6 Å². The maximum absolute atomic E-state index is 5.87. The third-order valence-electron chi connectivity index (χ3n) is 2.86. The summed E-state index contributed by atoms with van der Waals surface area (Å²) < 4.78 is 5.28. The van der Waals surface area contributed by atoms with Crippen molar-refractivity contribution in [2.75, 3.05) is 26.4 Å². The Morgan fingerprint density at radius 1 is 1.33 bits per heavy atom. The highest BCUT2D eigenvalue weighted by Gasteiger charge is 2.12. The first-order valence-electron chi connectivity index (χ1n) is 5.90. The van der Waals surface area contributed by atoms with Crippen LogP contribution in [0.25, 0.3) is 11.5 Å². The van der Waals surface area contributed by atoms with Crippen molar-refractivity contribution in [1.82, 2.24) is 15.0 Å². The van der Waals surface area contributed by atoms with Crippen LogP contribution in [0.5, 0.6) is 0 Å². The lowest BCUT2D eigenvalue weighted by Gasteiger charge is -2.05. The van der Waals surface area contributed by atoms with Crippen molar-refractivity contribution in [2.24, 2.45) is 0 Å². The Morgan fingerprint density at radius 2 is 2.11 bits per heavy atom. The fourth-order valence-electron chi connectivity index (χ4n) is 1.67. The lowest BCUT2D eigenvalue weighted by Crippen LogP contribution is -2.15. The summed E-state index contributed by atoms with van der Waals surface area (Å²) in [7, 11) is 4.03. The molecule has 0 fully saturated rings. The van der Waals surface area contributed by atoms with Crippen LogP contribution in [0, 0.1) is 6.92 Å². The van der Waals surface area contributed by atoms with Gasteiger partial charge in [-0.15, -0.1) is 0 Å². The summed E-state index contributed by atoms with van der Waals surface area (Å²) in [5.74, 6) is 1.26. The number of hydrogen-bond acceptors (Lipinski definition) is 5. The van der Waals surface area contributed by atoms with Crippen molar-refractivity contribution >= 4 is 5.69 Å². The predicted octanol–water partition coefficient (Wildman–Crippen LogP) is 1.73. The Balaban J connectivity index is 2.21. The second-order valence-corrected chi connectivity index (χ2v) is 4.59. The van der Waals surface area contributed by atoms with Gasteiger partial charge in [0.1, 0.15) is 0 Å². The lowest BCUT2D eigenvalue weighted by atomic mass is 10.1. The molecule has 0 amide bonds. The van der Waals surface area contributed by atoms with Gasteiger partial charge in [-0.1, -0.05) is 11.2 Å². The molecular weight excluding hydrogens is 228 g/mol. The van der Waals surface area contributed by atoms with E-state index in [1.165, 1.54) is 0 Å². The largest absolute Gasteiger partial charge is 0.398 e. The van der Waals surface area contributed by atoms with E-state index in [0.29, 0.717) is 5.89 Å². The summed E-state index contributed by atoms with van der Waals surface area (Å²) in [6, 6.07) is 5.69. The van der Waals surface area contributed by atoms with Crippen LogP contribution < -0.4 is 5.73 Å².